The number of halogens is 3. The van der Waals surface area contributed by atoms with Crippen LogP contribution in [0.5, 0.6) is 0 Å². The summed E-state index contributed by atoms with van der Waals surface area (Å²) >= 11 is 0. The molecule has 142 valence electrons. The number of fused-ring (bicyclic) bond motifs is 3. The van der Waals surface area contributed by atoms with Crippen molar-refractivity contribution in [1.29, 1.82) is 0 Å². The highest BCUT2D eigenvalue weighted by atomic mass is 19.4. The maximum Gasteiger partial charge on any atom is 0.416 e. The van der Waals surface area contributed by atoms with E-state index in [-0.39, 0.29) is 18.9 Å². The predicted molar refractivity (Wildman–Crippen MR) is 101 cm³/mol. The molecule has 0 aliphatic rings. The molecule has 1 aromatic heterocycles. The first kappa shape index (κ1) is 18.1. The lowest BCUT2D eigenvalue weighted by atomic mass is 10.0. The van der Waals surface area contributed by atoms with Gasteiger partial charge in [-0.05, 0) is 34.5 Å². The Morgan fingerprint density at radius 1 is 1.00 bits per heavy atom. The van der Waals surface area contributed by atoms with Gasteiger partial charge in [0.1, 0.15) is 5.58 Å². The van der Waals surface area contributed by atoms with Gasteiger partial charge in [-0.2, -0.15) is 13.2 Å². The van der Waals surface area contributed by atoms with E-state index in [1.807, 2.05) is 36.4 Å². The molecule has 0 unspecified atom stereocenters. The Morgan fingerprint density at radius 3 is 2.64 bits per heavy atom. The van der Waals surface area contributed by atoms with E-state index in [1.54, 1.807) is 12.3 Å². The Balaban J connectivity index is 1.51. The molecule has 0 bridgehead atoms. The SMILES string of the molecule is O=C(Cc1coc2ccc3ccccc3c12)NCc1cccc(C(F)(F)F)c1. The molecule has 3 aromatic carbocycles. The van der Waals surface area contributed by atoms with Crippen molar-refractivity contribution in [3.05, 3.63) is 83.6 Å². The van der Waals surface area contributed by atoms with Gasteiger partial charge in [0.15, 0.2) is 0 Å². The highest BCUT2D eigenvalue weighted by Crippen LogP contribution is 2.31. The number of rotatable bonds is 4. The van der Waals surface area contributed by atoms with E-state index in [1.165, 1.54) is 6.07 Å². The highest BCUT2D eigenvalue weighted by molar-refractivity contribution is 6.08. The van der Waals surface area contributed by atoms with Crippen molar-refractivity contribution in [3.8, 4) is 0 Å². The number of hydrogen-bond donors (Lipinski definition) is 1. The van der Waals surface area contributed by atoms with E-state index in [0.29, 0.717) is 11.1 Å². The van der Waals surface area contributed by atoms with Gasteiger partial charge in [-0.25, -0.2) is 0 Å². The lowest BCUT2D eigenvalue weighted by Gasteiger charge is -2.09. The fourth-order valence-corrected chi connectivity index (χ4v) is 3.30. The zero-order valence-electron chi connectivity index (χ0n) is 14.7. The van der Waals surface area contributed by atoms with Crippen LogP contribution in [0.25, 0.3) is 21.7 Å². The third kappa shape index (κ3) is 3.58. The van der Waals surface area contributed by atoms with Gasteiger partial charge < -0.3 is 9.73 Å². The van der Waals surface area contributed by atoms with Gasteiger partial charge in [0.05, 0.1) is 18.2 Å². The van der Waals surface area contributed by atoms with Crippen LogP contribution in [-0.4, -0.2) is 5.91 Å². The van der Waals surface area contributed by atoms with Gasteiger partial charge in [0, 0.05) is 17.5 Å². The molecule has 28 heavy (non-hydrogen) atoms. The normalized spacial score (nSPS) is 11.8. The summed E-state index contributed by atoms with van der Waals surface area (Å²) in [5, 5.41) is 5.60. The summed E-state index contributed by atoms with van der Waals surface area (Å²) in [6.45, 7) is 0.0271. The summed E-state index contributed by atoms with van der Waals surface area (Å²) < 4.78 is 44.0. The number of benzene rings is 3. The first-order valence-corrected chi connectivity index (χ1v) is 8.72. The molecule has 1 amide bonds. The molecule has 0 radical (unpaired) electrons. The average Bonchev–Trinajstić information content (AvgIpc) is 3.09. The van der Waals surface area contributed by atoms with Gasteiger partial charge >= 0.3 is 6.18 Å². The van der Waals surface area contributed by atoms with E-state index in [0.717, 1.165) is 33.9 Å². The minimum absolute atomic E-state index is 0.0271. The standard InChI is InChI=1S/C22H16F3NO2/c23-22(24,25)17-6-3-4-14(10-17)12-26-20(27)11-16-13-28-19-9-8-15-5-1-2-7-18(15)21(16)19/h1-10,13H,11-12H2,(H,26,27). The van der Waals surface area contributed by atoms with Crippen molar-refractivity contribution >= 4 is 27.6 Å². The van der Waals surface area contributed by atoms with E-state index in [2.05, 4.69) is 5.32 Å². The van der Waals surface area contributed by atoms with Gasteiger partial charge in [0.2, 0.25) is 5.91 Å². The molecular formula is C22H16F3NO2. The number of nitrogens with one attached hydrogen (secondary N) is 1. The van der Waals surface area contributed by atoms with E-state index in [4.69, 9.17) is 4.42 Å². The number of hydrogen-bond acceptors (Lipinski definition) is 2. The van der Waals surface area contributed by atoms with Gasteiger partial charge in [-0.15, -0.1) is 0 Å². The van der Waals surface area contributed by atoms with Crippen molar-refractivity contribution in [1.82, 2.24) is 5.32 Å². The van der Waals surface area contributed by atoms with E-state index in [9.17, 15) is 18.0 Å². The summed E-state index contributed by atoms with van der Waals surface area (Å²) in [5.41, 5.74) is 1.10. The topological polar surface area (TPSA) is 42.2 Å². The summed E-state index contributed by atoms with van der Waals surface area (Å²) in [7, 11) is 0. The summed E-state index contributed by atoms with van der Waals surface area (Å²) in [5.74, 6) is -0.284. The molecule has 4 rings (SSSR count). The summed E-state index contributed by atoms with van der Waals surface area (Å²) in [6, 6.07) is 16.6. The smallest absolute Gasteiger partial charge is 0.416 e. The zero-order valence-corrected chi connectivity index (χ0v) is 14.7. The minimum atomic E-state index is -4.41. The lowest BCUT2D eigenvalue weighted by molar-refractivity contribution is -0.137. The van der Waals surface area contributed by atoms with Gasteiger partial charge in [-0.3, -0.25) is 4.79 Å². The maximum atomic E-state index is 12.8. The fourth-order valence-electron chi connectivity index (χ4n) is 3.30. The van der Waals surface area contributed by atoms with Crippen molar-refractivity contribution in [2.24, 2.45) is 0 Å². The third-order valence-corrected chi connectivity index (χ3v) is 4.64. The monoisotopic (exact) mass is 383 g/mol. The highest BCUT2D eigenvalue weighted by Gasteiger charge is 2.30. The maximum absolute atomic E-state index is 12.8. The second kappa shape index (κ2) is 7.03. The Morgan fingerprint density at radius 2 is 1.82 bits per heavy atom. The largest absolute Gasteiger partial charge is 0.464 e. The Kier molecular flexibility index (Phi) is 4.55. The molecule has 0 fully saturated rings. The van der Waals surface area contributed by atoms with Crippen molar-refractivity contribution in [2.75, 3.05) is 0 Å². The molecule has 3 nitrogen and oxygen atoms in total. The third-order valence-electron chi connectivity index (χ3n) is 4.64. The van der Waals surface area contributed by atoms with Crippen LogP contribution in [0.15, 0.2) is 71.3 Å². The van der Waals surface area contributed by atoms with Crippen LogP contribution in [0, 0.1) is 0 Å². The number of alkyl halides is 3. The average molecular weight is 383 g/mol. The van der Waals surface area contributed by atoms with Crippen LogP contribution in [0.1, 0.15) is 16.7 Å². The summed E-state index contributed by atoms with van der Waals surface area (Å²) in [4.78, 5) is 12.4. The van der Waals surface area contributed by atoms with Crippen LogP contribution >= 0.6 is 0 Å². The first-order valence-electron chi connectivity index (χ1n) is 8.72. The second-order valence-electron chi connectivity index (χ2n) is 6.57. The molecule has 4 aromatic rings. The molecule has 0 aliphatic heterocycles. The zero-order chi connectivity index (χ0) is 19.7. The molecule has 0 spiro atoms. The van der Waals surface area contributed by atoms with Crippen molar-refractivity contribution < 1.29 is 22.4 Å². The predicted octanol–water partition coefficient (Wildman–Crippen LogP) is 5.46. The molecule has 0 saturated heterocycles. The molecule has 6 heteroatoms. The van der Waals surface area contributed by atoms with Crippen LogP contribution < -0.4 is 5.32 Å². The molecule has 1 N–H and O–H groups in total. The number of amides is 1. The van der Waals surface area contributed by atoms with Crippen LogP contribution in [0.2, 0.25) is 0 Å². The molecule has 0 atom stereocenters. The van der Waals surface area contributed by atoms with Crippen LogP contribution in [-0.2, 0) is 23.9 Å². The van der Waals surface area contributed by atoms with Crippen molar-refractivity contribution in [2.45, 2.75) is 19.1 Å². The quantitative estimate of drug-likeness (QED) is 0.508. The fraction of sp³-hybridized carbons (Fsp3) is 0.136. The van der Waals surface area contributed by atoms with E-state index >= 15 is 0 Å². The molecule has 0 saturated carbocycles. The van der Waals surface area contributed by atoms with Gasteiger partial charge in [0.25, 0.3) is 0 Å². The Bertz CT molecular complexity index is 1160. The lowest BCUT2D eigenvalue weighted by Crippen LogP contribution is -2.24. The molecule has 0 aliphatic carbocycles. The molecular weight excluding hydrogens is 367 g/mol. The minimum Gasteiger partial charge on any atom is -0.464 e. The number of furan rings is 1. The number of carbonyl (C=O) groups is 1. The first-order chi connectivity index (χ1) is 13.4. The van der Waals surface area contributed by atoms with Crippen molar-refractivity contribution in [3.63, 3.8) is 0 Å². The van der Waals surface area contributed by atoms with Crippen LogP contribution in [0.4, 0.5) is 13.2 Å². The Labute approximate surface area is 158 Å². The Hall–Kier alpha value is -3.28. The summed E-state index contributed by atoms with van der Waals surface area (Å²) in [6.07, 6.45) is -2.77. The van der Waals surface area contributed by atoms with E-state index < -0.39 is 11.7 Å². The number of carbonyl (C=O) groups excluding carboxylic acids is 1. The van der Waals surface area contributed by atoms with Gasteiger partial charge in [-0.1, -0.05) is 42.5 Å². The van der Waals surface area contributed by atoms with Crippen LogP contribution in [0.3, 0.4) is 0 Å². The molecule has 1 heterocycles. The second-order valence-corrected chi connectivity index (χ2v) is 6.57.